The van der Waals surface area contributed by atoms with Gasteiger partial charge in [0, 0.05) is 23.2 Å². The van der Waals surface area contributed by atoms with Crippen molar-refractivity contribution in [2.75, 3.05) is 12.4 Å². The van der Waals surface area contributed by atoms with Gasteiger partial charge in [-0.2, -0.15) is 0 Å². The number of nitrogens with one attached hydrogen (secondary N) is 2. The first kappa shape index (κ1) is 23.2. The number of fused-ring (bicyclic) bond motifs is 1. The highest BCUT2D eigenvalue weighted by Crippen LogP contribution is 2.29. The zero-order chi connectivity index (χ0) is 24.4. The van der Waals surface area contributed by atoms with Gasteiger partial charge in [0.15, 0.2) is 0 Å². The number of aromatic amines is 1. The quantitative estimate of drug-likeness (QED) is 0.359. The van der Waals surface area contributed by atoms with Crippen LogP contribution in [0.3, 0.4) is 0 Å². The van der Waals surface area contributed by atoms with Gasteiger partial charge in [-0.25, -0.2) is 4.98 Å². The van der Waals surface area contributed by atoms with E-state index in [1.54, 1.807) is 6.07 Å². The van der Waals surface area contributed by atoms with Crippen LogP contribution in [0, 0.1) is 27.7 Å². The highest BCUT2D eigenvalue weighted by Gasteiger charge is 2.15. The van der Waals surface area contributed by atoms with Crippen LogP contribution in [0.4, 0.5) is 5.69 Å². The first-order valence-corrected chi connectivity index (χ1v) is 11.3. The van der Waals surface area contributed by atoms with E-state index in [4.69, 9.17) is 9.72 Å². The monoisotopic (exact) mass is 455 g/mol. The number of ether oxygens (including phenoxy) is 1. The number of benzene rings is 3. The second-order valence-corrected chi connectivity index (χ2v) is 8.75. The van der Waals surface area contributed by atoms with E-state index in [1.165, 1.54) is 12.7 Å². The smallest absolute Gasteiger partial charge is 0.305 e. The highest BCUT2D eigenvalue weighted by molar-refractivity contribution is 6.06. The normalized spacial score (nSPS) is 11.0. The van der Waals surface area contributed by atoms with Crippen LogP contribution in [0.25, 0.3) is 22.4 Å². The number of aromatic nitrogens is 2. The Morgan fingerprint density at radius 3 is 2.32 bits per heavy atom. The van der Waals surface area contributed by atoms with Gasteiger partial charge in [0.25, 0.3) is 5.91 Å². The molecule has 0 aliphatic carbocycles. The Morgan fingerprint density at radius 2 is 1.65 bits per heavy atom. The molecule has 0 aliphatic heterocycles. The molecule has 6 heteroatoms. The number of rotatable bonds is 6. The molecule has 0 unspecified atom stereocenters. The van der Waals surface area contributed by atoms with Crippen molar-refractivity contribution in [3.8, 4) is 11.4 Å². The zero-order valence-corrected chi connectivity index (χ0v) is 20.2. The summed E-state index contributed by atoms with van der Waals surface area (Å²) in [7, 11) is 1.40. The van der Waals surface area contributed by atoms with Crippen molar-refractivity contribution in [2.45, 2.75) is 40.5 Å². The molecule has 2 N–H and O–H groups in total. The fourth-order valence-electron chi connectivity index (χ4n) is 4.21. The number of hydrogen-bond acceptors (Lipinski definition) is 4. The number of esters is 1. The molecule has 4 rings (SSSR count). The number of carbonyl (C=O) groups is 2. The molecule has 4 aromatic rings. The average Bonchev–Trinajstić information content (AvgIpc) is 3.22. The minimum absolute atomic E-state index is 0.163. The maximum absolute atomic E-state index is 12.8. The number of methoxy groups -OCH3 is 1. The minimum atomic E-state index is -0.214. The van der Waals surface area contributed by atoms with Crippen LogP contribution in [0.2, 0.25) is 0 Å². The summed E-state index contributed by atoms with van der Waals surface area (Å²) in [6.07, 6.45) is 0.986. The Labute approximate surface area is 199 Å². The predicted molar refractivity (Wildman–Crippen MR) is 135 cm³/mol. The van der Waals surface area contributed by atoms with E-state index in [0.29, 0.717) is 18.4 Å². The number of amides is 1. The van der Waals surface area contributed by atoms with Gasteiger partial charge in [-0.3, -0.25) is 9.59 Å². The second kappa shape index (κ2) is 9.51. The Balaban J connectivity index is 1.59. The molecule has 3 aromatic carbocycles. The number of hydrogen-bond donors (Lipinski definition) is 2. The molecule has 1 amide bonds. The third kappa shape index (κ3) is 4.86. The zero-order valence-electron chi connectivity index (χ0n) is 20.2. The summed E-state index contributed by atoms with van der Waals surface area (Å²) in [4.78, 5) is 32.5. The summed E-state index contributed by atoms with van der Waals surface area (Å²) in [5.74, 6) is 0.383. The molecule has 0 bridgehead atoms. The van der Waals surface area contributed by atoms with Crippen LogP contribution in [0.15, 0.2) is 48.5 Å². The number of anilines is 1. The van der Waals surface area contributed by atoms with Crippen LogP contribution in [-0.2, 0) is 16.0 Å². The first-order chi connectivity index (χ1) is 16.2. The fraction of sp³-hybridized carbons (Fsp3) is 0.250. The minimum Gasteiger partial charge on any atom is -0.469 e. The standard InChI is InChI=1S/C28H29N3O3/c1-16-6-9-22(14-17(16)2)29-28(33)21-8-10-23-24(15-21)31-27(30-23)26-18(3)12-20(13-19(26)4)7-11-25(32)34-5/h6,8-10,12-15H,7,11H2,1-5H3,(H,29,33)(H,30,31). The number of carbonyl (C=O) groups excluding carboxylic acids is 2. The number of imidazole rings is 1. The Kier molecular flexibility index (Phi) is 6.50. The number of H-pyrrole nitrogens is 1. The van der Waals surface area contributed by atoms with Gasteiger partial charge in [-0.05, 0) is 92.3 Å². The van der Waals surface area contributed by atoms with E-state index in [2.05, 4.69) is 22.4 Å². The lowest BCUT2D eigenvalue weighted by Crippen LogP contribution is -2.11. The van der Waals surface area contributed by atoms with E-state index in [0.717, 1.165) is 50.4 Å². The van der Waals surface area contributed by atoms with Crippen molar-refractivity contribution in [1.29, 1.82) is 0 Å². The van der Waals surface area contributed by atoms with Crippen LogP contribution < -0.4 is 5.32 Å². The van der Waals surface area contributed by atoms with Gasteiger partial charge < -0.3 is 15.0 Å². The van der Waals surface area contributed by atoms with Gasteiger partial charge in [-0.1, -0.05) is 18.2 Å². The molecule has 1 heterocycles. The fourth-order valence-corrected chi connectivity index (χ4v) is 4.21. The van der Waals surface area contributed by atoms with Crippen molar-refractivity contribution in [2.24, 2.45) is 0 Å². The molecule has 0 saturated heterocycles. The summed E-state index contributed by atoms with van der Waals surface area (Å²) in [5, 5.41) is 2.97. The molecule has 1 aromatic heterocycles. The maximum Gasteiger partial charge on any atom is 0.305 e. The Hall–Kier alpha value is -3.93. The number of aryl methyl sites for hydroxylation is 5. The largest absolute Gasteiger partial charge is 0.469 e. The van der Waals surface area contributed by atoms with Crippen molar-refractivity contribution in [1.82, 2.24) is 9.97 Å². The van der Waals surface area contributed by atoms with Gasteiger partial charge in [0.05, 0.1) is 18.1 Å². The van der Waals surface area contributed by atoms with Crippen LogP contribution >= 0.6 is 0 Å². The predicted octanol–water partition coefficient (Wildman–Crippen LogP) is 5.82. The first-order valence-electron chi connectivity index (χ1n) is 11.3. The number of nitrogens with zero attached hydrogens (tertiary/aromatic N) is 1. The molecule has 174 valence electrons. The Morgan fingerprint density at radius 1 is 0.912 bits per heavy atom. The van der Waals surface area contributed by atoms with E-state index < -0.39 is 0 Å². The molecular formula is C28H29N3O3. The third-order valence-electron chi connectivity index (χ3n) is 6.18. The third-order valence-corrected chi connectivity index (χ3v) is 6.18. The van der Waals surface area contributed by atoms with E-state index in [-0.39, 0.29) is 11.9 Å². The molecule has 0 spiro atoms. The SMILES string of the molecule is COC(=O)CCc1cc(C)c(-c2nc3ccc(C(=O)Nc4ccc(C)c(C)c4)cc3[nH]2)c(C)c1. The van der Waals surface area contributed by atoms with Gasteiger partial charge in [0.1, 0.15) is 5.82 Å². The molecular weight excluding hydrogens is 426 g/mol. The lowest BCUT2D eigenvalue weighted by molar-refractivity contribution is -0.140. The maximum atomic E-state index is 12.8. The molecule has 0 fully saturated rings. The lowest BCUT2D eigenvalue weighted by atomic mass is 9.97. The van der Waals surface area contributed by atoms with Crippen LogP contribution in [0.1, 0.15) is 44.6 Å². The summed E-state index contributed by atoms with van der Waals surface area (Å²) in [6, 6.07) is 15.5. The van der Waals surface area contributed by atoms with Gasteiger partial charge in [0.2, 0.25) is 0 Å². The summed E-state index contributed by atoms with van der Waals surface area (Å²) in [6.45, 7) is 8.15. The molecule has 0 aliphatic rings. The van der Waals surface area contributed by atoms with Gasteiger partial charge >= 0.3 is 5.97 Å². The van der Waals surface area contributed by atoms with Crippen molar-refractivity contribution < 1.29 is 14.3 Å². The van der Waals surface area contributed by atoms with Crippen molar-refractivity contribution in [3.63, 3.8) is 0 Å². The molecule has 0 atom stereocenters. The van der Waals surface area contributed by atoms with E-state index in [1.807, 2.05) is 58.0 Å². The van der Waals surface area contributed by atoms with Crippen LogP contribution in [-0.4, -0.2) is 29.0 Å². The van der Waals surface area contributed by atoms with E-state index in [9.17, 15) is 9.59 Å². The topological polar surface area (TPSA) is 84.1 Å². The van der Waals surface area contributed by atoms with Crippen molar-refractivity contribution >= 4 is 28.6 Å². The molecule has 6 nitrogen and oxygen atoms in total. The van der Waals surface area contributed by atoms with Gasteiger partial charge in [-0.15, -0.1) is 0 Å². The molecule has 34 heavy (non-hydrogen) atoms. The molecule has 0 radical (unpaired) electrons. The average molecular weight is 456 g/mol. The molecule has 0 saturated carbocycles. The summed E-state index contributed by atoms with van der Waals surface area (Å²) in [5.41, 5.74) is 9.52. The summed E-state index contributed by atoms with van der Waals surface area (Å²) >= 11 is 0. The Bertz CT molecular complexity index is 1380. The second-order valence-electron chi connectivity index (χ2n) is 8.75. The van der Waals surface area contributed by atoms with E-state index >= 15 is 0 Å². The highest BCUT2D eigenvalue weighted by atomic mass is 16.5. The lowest BCUT2D eigenvalue weighted by Gasteiger charge is -2.10. The summed E-state index contributed by atoms with van der Waals surface area (Å²) < 4.78 is 4.75. The van der Waals surface area contributed by atoms with Crippen molar-refractivity contribution in [3.05, 3.63) is 81.9 Å². The van der Waals surface area contributed by atoms with Crippen LogP contribution in [0.5, 0.6) is 0 Å².